The number of anilines is 1. The van der Waals surface area contributed by atoms with Crippen molar-refractivity contribution in [3.8, 4) is 0 Å². The second kappa shape index (κ2) is 8.04. The topological polar surface area (TPSA) is 46.3 Å². The van der Waals surface area contributed by atoms with E-state index >= 15 is 0 Å². The van der Waals surface area contributed by atoms with E-state index in [0.717, 1.165) is 30.8 Å². The lowest BCUT2D eigenvalue weighted by Gasteiger charge is -2.21. The average molecular weight is 284 g/mol. The van der Waals surface area contributed by atoms with E-state index in [0.29, 0.717) is 11.4 Å². The standard InChI is InChI=1S/C14H21FN2OS/c1-3-7-17(8-4-2)14(18)10-19-13-6-5-11(15)9-12(13)16/h5-6,9H,3-4,7-8,10,16H2,1-2H3. The predicted molar refractivity (Wildman–Crippen MR) is 78.7 cm³/mol. The van der Waals surface area contributed by atoms with Crippen LogP contribution in [0.1, 0.15) is 26.7 Å². The summed E-state index contributed by atoms with van der Waals surface area (Å²) in [7, 11) is 0. The molecule has 0 aromatic heterocycles. The normalized spacial score (nSPS) is 10.5. The lowest BCUT2D eigenvalue weighted by Crippen LogP contribution is -2.33. The first kappa shape index (κ1) is 15.8. The van der Waals surface area contributed by atoms with E-state index in [2.05, 4.69) is 13.8 Å². The monoisotopic (exact) mass is 284 g/mol. The Hall–Kier alpha value is -1.23. The predicted octanol–water partition coefficient (Wildman–Crippen LogP) is 3.15. The minimum absolute atomic E-state index is 0.109. The number of carbonyl (C=O) groups is 1. The Labute approximate surface area is 118 Å². The fourth-order valence-corrected chi connectivity index (χ4v) is 2.63. The Morgan fingerprint density at radius 2 is 1.95 bits per heavy atom. The zero-order chi connectivity index (χ0) is 14.3. The molecule has 0 spiro atoms. The van der Waals surface area contributed by atoms with Crippen molar-refractivity contribution in [2.45, 2.75) is 31.6 Å². The molecule has 106 valence electrons. The Kier molecular flexibility index (Phi) is 6.70. The van der Waals surface area contributed by atoms with Crippen LogP contribution in [0.4, 0.5) is 10.1 Å². The number of halogens is 1. The molecule has 0 aliphatic carbocycles. The van der Waals surface area contributed by atoms with Crippen molar-refractivity contribution < 1.29 is 9.18 Å². The Balaban J connectivity index is 2.56. The molecular formula is C14H21FN2OS. The van der Waals surface area contributed by atoms with Gasteiger partial charge in [0.05, 0.1) is 5.75 Å². The van der Waals surface area contributed by atoms with Gasteiger partial charge in [-0.1, -0.05) is 13.8 Å². The van der Waals surface area contributed by atoms with Crippen LogP contribution in [0.3, 0.4) is 0 Å². The maximum atomic E-state index is 12.9. The van der Waals surface area contributed by atoms with E-state index in [1.54, 1.807) is 6.07 Å². The molecule has 0 fully saturated rings. The Bertz CT molecular complexity index is 420. The molecule has 19 heavy (non-hydrogen) atoms. The number of hydrogen-bond donors (Lipinski definition) is 1. The maximum Gasteiger partial charge on any atom is 0.232 e. The number of nitrogens with two attached hydrogens (primary N) is 1. The molecule has 1 aromatic rings. The fraction of sp³-hybridized carbons (Fsp3) is 0.500. The molecule has 5 heteroatoms. The quantitative estimate of drug-likeness (QED) is 0.618. The number of thioether (sulfide) groups is 1. The molecule has 1 rings (SSSR count). The summed E-state index contributed by atoms with van der Waals surface area (Å²) in [5, 5.41) is 0. The van der Waals surface area contributed by atoms with E-state index < -0.39 is 0 Å². The van der Waals surface area contributed by atoms with E-state index in [9.17, 15) is 9.18 Å². The molecule has 0 atom stereocenters. The smallest absolute Gasteiger partial charge is 0.232 e. The van der Waals surface area contributed by atoms with Crippen LogP contribution in [0, 0.1) is 5.82 Å². The van der Waals surface area contributed by atoms with E-state index in [4.69, 9.17) is 5.73 Å². The summed E-state index contributed by atoms with van der Waals surface area (Å²) >= 11 is 1.36. The molecule has 3 nitrogen and oxygen atoms in total. The van der Waals surface area contributed by atoms with Gasteiger partial charge in [-0.3, -0.25) is 4.79 Å². The van der Waals surface area contributed by atoms with E-state index in [-0.39, 0.29) is 11.7 Å². The first-order chi connectivity index (χ1) is 9.08. The van der Waals surface area contributed by atoms with Crippen LogP contribution in [0.2, 0.25) is 0 Å². The number of hydrogen-bond acceptors (Lipinski definition) is 3. The maximum absolute atomic E-state index is 12.9. The second-order valence-corrected chi connectivity index (χ2v) is 5.37. The molecule has 0 saturated heterocycles. The minimum atomic E-state index is -0.355. The number of benzene rings is 1. The second-order valence-electron chi connectivity index (χ2n) is 4.35. The molecule has 0 heterocycles. The summed E-state index contributed by atoms with van der Waals surface area (Å²) in [4.78, 5) is 14.7. The van der Waals surface area contributed by atoms with Gasteiger partial charge in [0.1, 0.15) is 5.82 Å². The zero-order valence-electron chi connectivity index (χ0n) is 11.5. The minimum Gasteiger partial charge on any atom is -0.398 e. The molecule has 0 unspecified atom stereocenters. The number of carbonyl (C=O) groups excluding carboxylic acids is 1. The highest BCUT2D eigenvalue weighted by Crippen LogP contribution is 2.25. The molecule has 0 radical (unpaired) electrons. The first-order valence-corrected chi connectivity index (χ1v) is 7.52. The first-order valence-electron chi connectivity index (χ1n) is 6.54. The van der Waals surface area contributed by atoms with Gasteiger partial charge in [-0.2, -0.15) is 0 Å². The zero-order valence-corrected chi connectivity index (χ0v) is 12.3. The SMILES string of the molecule is CCCN(CCC)C(=O)CSc1ccc(F)cc1N. The van der Waals surface area contributed by atoms with Crippen molar-refractivity contribution in [1.29, 1.82) is 0 Å². The third-order valence-electron chi connectivity index (χ3n) is 2.66. The summed E-state index contributed by atoms with van der Waals surface area (Å²) in [5.74, 6) is 0.0970. The van der Waals surface area contributed by atoms with E-state index in [1.807, 2.05) is 4.90 Å². The van der Waals surface area contributed by atoms with Gasteiger partial charge in [-0.15, -0.1) is 11.8 Å². The highest BCUT2D eigenvalue weighted by atomic mass is 32.2. The molecule has 0 saturated carbocycles. The number of nitrogen functional groups attached to an aromatic ring is 1. The molecule has 2 N–H and O–H groups in total. The van der Waals surface area contributed by atoms with Gasteiger partial charge in [0, 0.05) is 23.7 Å². The van der Waals surface area contributed by atoms with E-state index in [1.165, 1.54) is 23.9 Å². The molecule has 0 aliphatic heterocycles. The lowest BCUT2D eigenvalue weighted by atomic mass is 10.3. The number of nitrogens with zero attached hydrogens (tertiary/aromatic N) is 1. The number of amides is 1. The van der Waals surface area contributed by atoms with Crippen LogP contribution >= 0.6 is 11.8 Å². The van der Waals surface area contributed by atoms with Gasteiger partial charge < -0.3 is 10.6 Å². The highest BCUT2D eigenvalue weighted by molar-refractivity contribution is 8.00. The fourth-order valence-electron chi connectivity index (χ4n) is 1.78. The average Bonchev–Trinajstić information content (AvgIpc) is 2.37. The van der Waals surface area contributed by atoms with Crippen LogP contribution in [-0.2, 0) is 4.79 Å². The van der Waals surface area contributed by atoms with Crippen molar-refractivity contribution in [1.82, 2.24) is 4.90 Å². The van der Waals surface area contributed by atoms with Crippen LogP contribution in [-0.4, -0.2) is 29.6 Å². The van der Waals surface area contributed by atoms with Crippen molar-refractivity contribution in [3.05, 3.63) is 24.0 Å². The third-order valence-corrected chi connectivity index (χ3v) is 3.74. The Morgan fingerprint density at radius 1 is 1.32 bits per heavy atom. The van der Waals surface area contributed by atoms with Crippen LogP contribution < -0.4 is 5.73 Å². The Morgan fingerprint density at radius 3 is 2.47 bits per heavy atom. The number of rotatable bonds is 7. The van der Waals surface area contributed by atoms with Gasteiger partial charge in [0.15, 0.2) is 0 Å². The van der Waals surface area contributed by atoms with Gasteiger partial charge >= 0.3 is 0 Å². The molecule has 1 amide bonds. The van der Waals surface area contributed by atoms with Crippen LogP contribution in [0.15, 0.2) is 23.1 Å². The van der Waals surface area contributed by atoms with Gasteiger partial charge in [0.25, 0.3) is 0 Å². The summed E-state index contributed by atoms with van der Waals surface area (Å²) in [6.45, 7) is 5.68. The van der Waals surface area contributed by atoms with Crippen molar-refractivity contribution in [3.63, 3.8) is 0 Å². The van der Waals surface area contributed by atoms with Gasteiger partial charge in [-0.25, -0.2) is 4.39 Å². The third kappa shape index (κ3) is 5.11. The molecule has 1 aromatic carbocycles. The summed E-state index contributed by atoms with van der Waals surface area (Å²) < 4.78 is 12.9. The van der Waals surface area contributed by atoms with Crippen molar-refractivity contribution in [2.24, 2.45) is 0 Å². The summed E-state index contributed by atoms with van der Waals surface area (Å²) in [6, 6.07) is 4.26. The highest BCUT2D eigenvalue weighted by Gasteiger charge is 2.12. The van der Waals surface area contributed by atoms with Crippen molar-refractivity contribution >= 4 is 23.4 Å². The van der Waals surface area contributed by atoms with Gasteiger partial charge in [0.2, 0.25) is 5.91 Å². The van der Waals surface area contributed by atoms with Crippen LogP contribution in [0.5, 0.6) is 0 Å². The molecular weight excluding hydrogens is 263 g/mol. The van der Waals surface area contributed by atoms with Crippen molar-refractivity contribution in [2.75, 3.05) is 24.6 Å². The lowest BCUT2D eigenvalue weighted by molar-refractivity contribution is -0.128. The van der Waals surface area contributed by atoms with Crippen LogP contribution in [0.25, 0.3) is 0 Å². The summed E-state index contributed by atoms with van der Waals surface area (Å²) in [5.41, 5.74) is 6.10. The molecule has 0 aliphatic rings. The van der Waals surface area contributed by atoms with Gasteiger partial charge in [-0.05, 0) is 31.0 Å². The molecule has 0 bridgehead atoms. The largest absolute Gasteiger partial charge is 0.398 e. The summed E-state index contributed by atoms with van der Waals surface area (Å²) in [6.07, 6.45) is 1.91.